The summed E-state index contributed by atoms with van der Waals surface area (Å²) < 4.78 is 57.9. The van der Waals surface area contributed by atoms with E-state index in [0.717, 1.165) is 30.2 Å². The molecule has 1 aromatic carbocycles. The minimum Gasteiger partial charge on any atom is -0.456 e. The third-order valence-electron chi connectivity index (χ3n) is 4.04. The highest BCUT2D eigenvalue weighted by atomic mass is 32.2. The minimum absolute atomic E-state index is 0.0632. The van der Waals surface area contributed by atoms with Gasteiger partial charge >= 0.3 is 0 Å². The average molecular weight is 452 g/mol. The highest BCUT2D eigenvalue weighted by Gasteiger charge is 2.24. The van der Waals surface area contributed by atoms with Gasteiger partial charge in [0, 0.05) is 35.7 Å². The Morgan fingerprint density at radius 3 is 2.48 bits per heavy atom. The van der Waals surface area contributed by atoms with Crippen LogP contribution in [0.15, 0.2) is 44.8 Å². The maximum Gasteiger partial charge on any atom is 0.263 e. The van der Waals surface area contributed by atoms with Gasteiger partial charge in [0.05, 0.1) is 4.91 Å². The molecule has 3 heterocycles. The van der Waals surface area contributed by atoms with Crippen molar-refractivity contribution < 1.29 is 26.4 Å². The summed E-state index contributed by atoms with van der Waals surface area (Å²) in [6.45, 7) is 0. The molecular weight excluding hydrogens is 442 g/mol. The van der Waals surface area contributed by atoms with Crippen molar-refractivity contribution in [2.45, 2.75) is 4.90 Å². The predicted octanol–water partition coefficient (Wildman–Crippen LogP) is 3.67. The zero-order valence-electron chi connectivity index (χ0n) is 14.5. The fraction of sp³-hybridized carbons (Fsp3) is 0.0556. The second-order valence-electron chi connectivity index (χ2n) is 6.15. The molecule has 148 valence electrons. The van der Waals surface area contributed by atoms with E-state index in [4.69, 9.17) is 16.6 Å². The van der Waals surface area contributed by atoms with Crippen molar-refractivity contribution in [1.82, 2.24) is 10.3 Å². The molecule has 2 aromatic heterocycles. The number of hydrogen-bond acceptors (Lipinski definition) is 7. The van der Waals surface area contributed by atoms with Crippen LogP contribution in [0.4, 0.5) is 8.78 Å². The third kappa shape index (κ3) is 3.68. The first-order chi connectivity index (χ1) is 13.6. The van der Waals surface area contributed by atoms with Gasteiger partial charge in [-0.25, -0.2) is 17.2 Å². The van der Waals surface area contributed by atoms with E-state index in [2.05, 4.69) is 10.3 Å². The Bertz CT molecular complexity index is 1320. The first kappa shape index (κ1) is 19.7. The number of thioether (sulfide) groups is 1. The van der Waals surface area contributed by atoms with Gasteiger partial charge in [-0.1, -0.05) is 24.0 Å². The maximum atomic E-state index is 14.3. The van der Waals surface area contributed by atoms with Crippen molar-refractivity contribution in [1.29, 1.82) is 0 Å². The van der Waals surface area contributed by atoms with Crippen LogP contribution in [0.3, 0.4) is 0 Å². The summed E-state index contributed by atoms with van der Waals surface area (Å²) in [7, 11) is -4.07. The molecule has 1 aliphatic heterocycles. The molecule has 1 fully saturated rings. The molecule has 0 saturated carbocycles. The van der Waals surface area contributed by atoms with E-state index >= 15 is 0 Å². The van der Waals surface area contributed by atoms with Crippen molar-refractivity contribution in [2.75, 3.05) is 6.26 Å². The first-order valence-corrected chi connectivity index (χ1v) is 11.1. The summed E-state index contributed by atoms with van der Waals surface area (Å²) in [5.74, 6) is -2.44. The number of hydrogen-bond donors (Lipinski definition) is 1. The highest BCUT2D eigenvalue weighted by Crippen LogP contribution is 2.34. The van der Waals surface area contributed by atoms with Crippen LogP contribution in [0.25, 0.3) is 28.2 Å². The number of nitrogens with zero attached hydrogens (tertiary/aromatic N) is 1. The lowest BCUT2D eigenvalue weighted by atomic mass is 10.1. The van der Waals surface area contributed by atoms with Crippen LogP contribution in [-0.2, 0) is 14.6 Å². The topological polar surface area (TPSA) is 89.3 Å². The Labute approximate surface area is 172 Å². The molecule has 0 atom stereocenters. The fourth-order valence-electron chi connectivity index (χ4n) is 2.88. The Morgan fingerprint density at radius 2 is 1.90 bits per heavy atom. The lowest BCUT2D eigenvalue weighted by molar-refractivity contribution is -0.115. The van der Waals surface area contributed by atoms with Gasteiger partial charge in [-0.05, 0) is 23.8 Å². The normalized spacial score (nSPS) is 16.0. The number of pyridine rings is 1. The fourth-order valence-corrected chi connectivity index (χ4v) is 4.73. The van der Waals surface area contributed by atoms with Crippen LogP contribution in [0.1, 0.15) is 5.76 Å². The van der Waals surface area contributed by atoms with Gasteiger partial charge < -0.3 is 9.73 Å². The summed E-state index contributed by atoms with van der Waals surface area (Å²) in [6.07, 6.45) is 5.07. The van der Waals surface area contributed by atoms with E-state index in [0.29, 0.717) is 20.4 Å². The number of rotatable bonds is 3. The van der Waals surface area contributed by atoms with E-state index in [1.165, 1.54) is 18.5 Å². The molecule has 6 nitrogen and oxygen atoms in total. The molecule has 29 heavy (non-hydrogen) atoms. The number of benzene rings is 1. The molecule has 0 aliphatic carbocycles. The zero-order chi connectivity index (χ0) is 20.9. The quantitative estimate of drug-likeness (QED) is 0.479. The molecule has 0 spiro atoms. The first-order valence-electron chi connectivity index (χ1n) is 7.95. The van der Waals surface area contributed by atoms with E-state index in [1.54, 1.807) is 6.07 Å². The van der Waals surface area contributed by atoms with Gasteiger partial charge in [-0.3, -0.25) is 9.78 Å². The zero-order valence-corrected chi connectivity index (χ0v) is 17.0. The Kier molecular flexibility index (Phi) is 4.75. The van der Waals surface area contributed by atoms with Gasteiger partial charge in [0.2, 0.25) is 0 Å². The van der Waals surface area contributed by atoms with E-state index in [1.807, 2.05) is 0 Å². The molecule has 4 rings (SSSR count). The summed E-state index contributed by atoms with van der Waals surface area (Å²) in [5.41, 5.74) is 0.612. The number of fused-ring (bicyclic) bond motifs is 1. The highest BCUT2D eigenvalue weighted by molar-refractivity contribution is 8.26. The summed E-state index contributed by atoms with van der Waals surface area (Å²) >= 11 is 6.02. The second-order valence-corrected chi connectivity index (χ2v) is 9.82. The Morgan fingerprint density at radius 1 is 1.21 bits per heavy atom. The molecule has 0 radical (unpaired) electrons. The van der Waals surface area contributed by atoms with Crippen LogP contribution in [-0.4, -0.2) is 29.9 Å². The molecule has 0 bridgehead atoms. The lowest BCUT2D eigenvalue weighted by Crippen LogP contribution is -2.17. The number of aromatic nitrogens is 1. The minimum atomic E-state index is -4.07. The van der Waals surface area contributed by atoms with E-state index < -0.39 is 26.4 Å². The number of halogens is 2. The summed E-state index contributed by atoms with van der Waals surface area (Å²) in [4.78, 5) is 15.2. The number of nitrogens with one attached hydrogen (secondary N) is 1. The largest absolute Gasteiger partial charge is 0.456 e. The number of furan rings is 1. The number of carbonyl (C=O) groups is 1. The molecule has 11 heteroatoms. The average Bonchev–Trinajstić information content (AvgIpc) is 3.14. The standard InChI is InChI=1S/C18H10F2N2O4S3/c1-29(24,25)16-12(19)3-8(4-13(16)20)11-7-21-6-9-2-10(26-15(9)11)5-14-17(23)22-18(27)28-14/h2-7H,1H3,(H,22,23,27)/b14-5-. The monoisotopic (exact) mass is 452 g/mol. The van der Waals surface area contributed by atoms with Crippen LogP contribution in [0.2, 0.25) is 0 Å². The molecule has 1 N–H and O–H groups in total. The second kappa shape index (κ2) is 7.01. The Hall–Kier alpha value is -2.63. The molecule has 0 unspecified atom stereocenters. The number of carbonyl (C=O) groups excluding carboxylic acids is 1. The van der Waals surface area contributed by atoms with Crippen molar-refractivity contribution in [3.63, 3.8) is 0 Å². The van der Waals surface area contributed by atoms with Crippen molar-refractivity contribution in [3.05, 3.63) is 52.9 Å². The molecule has 1 aliphatic rings. The number of amides is 1. The van der Waals surface area contributed by atoms with Crippen LogP contribution in [0, 0.1) is 11.6 Å². The van der Waals surface area contributed by atoms with Crippen LogP contribution < -0.4 is 5.32 Å². The lowest BCUT2D eigenvalue weighted by Gasteiger charge is -2.07. The van der Waals surface area contributed by atoms with Gasteiger partial charge in [-0.2, -0.15) is 0 Å². The molecular formula is C18H10F2N2O4S3. The number of sulfone groups is 1. The van der Waals surface area contributed by atoms with Crippen LogP contribution in [0.5, 0.6) is 0 Å². The third-order valence-corrected chi connectivity index (χ3v) is 6.33. The van der Waals surface area contributed by atoms with Crippen LogP contribution >= 0.6 is 24.0 Å². The van der Waals surface area contributed by atoms with E-state index in [9.17, 15) is 22.0 Å². The van der Waals surface area contributed by atoms with Crippen molar-refractivity contribution in [2.24, 2.45) is 0 Å². The van der Waals surface area contributed by atoms with Gasteiger partial charge in [0.25, 0.3) is 5.91 Å². The predicted molar refractivity (Wildman–Crippen MR) is 109 cm³/mol. The van der Waals surface area contributed by atoms with Crippen molar-refractivity contribution >= 4 is 61.1 Å². The maximum absolute atomic E-state index is 14.3. The SMILES string of the molecule is CS(=O)(=O)c1c(F)cc(-c2cncc3cc(/C=C4\SC(=S)NC4=O)oc23)cc1F. The molecule has 1 amide bonds. The summed E-state index contributed by atoms with van der Waals surface area (Å²) in [6, 6.07) is 3.44. The molecule has 3 aromatic rings. The van der Waals surface area contributed by atoms with Gasteiger partial charge in [0.1, 0.15) is 32.2 Å². The van der Waals surface area contributed by atoms with Crippen molar-refractivity contribution in [3.8, 4) is 11.1 Å². The van der Waals surface area contributed by atoms with E-state index in [-0.39, 0.29) is 22.6 Å². The smallest absolute Gasteiger partial charge is 0.263 e. The molecule has 1 saturated heterocycles. The van der Waals surface area contributed by atoms with Gasteiger partial charge in [0.15, 0.2) is 9.84 Å². The number of thiocarbonyl (C=S) groups is 1. The summed E-state index contributed by atoms with van der Waals surface area (Å²) in [5, 5.41) is 3.02. The Balaban J connectivity index is 1.84. The van der Waals surface area contributed by atoms with Gasteiger partial charge in [-0.15, -0.1) is 0 Å².